The van der Waals surface area contributed by atoms with Crippen molar-refractivity contribution in [1.29, 1.82) is 5.26 Å². The Morgan fingerprint density at radius 3 is 2.77 bits per heavy atom. The number of allylic oxidation sites excluding steroid dienone is 3. The molecule has 0 radical (unpaired) electrons. The van der Waals surface area contributed by atoms with Gasteiger partial charge in [0.05, 0.1) is 17.6 Å². The maximum Gasteiger partial charge on any atom is 0.231 e. The lowest BCUT2D eigenvalue weighted by atomic mass is 9.75. The average Bonchev–Trinajstić information content (AvgIpc) is 3.21. The molecule has 0 saturated carbocycles. The highest BCUT2D eigenvalue weighted by atomic mass is 35.5. The Labute approximate surface area is 178 Å². The maximum atomic E-state index is 13.1. The van der Waals surface area contributed by atoms with Crippen molar-refractivity contribution in [3.05, 3.63) is 75.7 Å². The summed E-state index contributed by atoms with van der Waals surface area (Å²) in [7, 11) is 0. The van der Waals surface area contributed by atoms with Gasteiger partial charge in [-0.05, 0) is 48.7 Å². The third-order valence-electron chi connectivity index (χ3n) is 5.71. The molecule has 2 aromatic carbocycles. The summed E-state index contributed by atoms with van der Waals surface area (Å²) in [5.74, 6) is 1.06. The summed E-state index contributed by atoms with van der Waals surface area (Å²) in [5, 5.41) is 10.6. The summed E-state index contributed by atoms with van der Waals surface area (Å²) in [6.45, 7) is 0.155. The number of fused-ring (bicyclic) bond motifs is 1. The summed E-state index contributed by atoms with van der Waals surface area (Å²) in [6.07, 6.45) is 1.87. The van der Waals surface area contributed by atoms with E-state index in [1.165, 1.54) is 0 Å². The van der Waals surface area contributed by atoms with Gasteiger partial charge < -0.3 is 15.2 Å². The zero-order valence-electron chi connectivity index (χ0n) is 16.0. The number of nitrogens with two attached hydrogens (primary N) is 1. The van der Waals surface area contributed by atoms with Crippen molar-refractivity contribution in [3.8, 4) is 17.6 Å². The fourth-order valence-electron chi connectivity index (χ4n) is 4.42. The van der Waals surface area contributed by atoms with E-state index in [9.17, 15) is 10.1 Å². The second-order valence-electron chi connectivity index (χ2n) is 7.41. The van der Waals surface area contributed by atoms with Gasteiger partial charge in [-0.3, -0.25) is 9.69 Å². The van der Waals surface area contributed by atoms with Gasteiger partial charge in [0.1, 0.15) is 5.82 Å². The van der Waals surface area contributed by atoms with Crippen LogP contribution in [0.4, 0.5) is 5.69 Å². The number of ether oxygens (including phenoxy) is 2. The van der Waals surface area contributed by atoms with E-state index < -0.39 is 5.92 Å². The first-order valence-electron chi connectivity index (χ1n) is 9.69. The molecule has 3 aliphatic rings. The van der Waals surface area contributed by atoms with Crippen LogP contribution < -0.4 is 20.1 Å². The number of ketones is 1. The monoisotopic (exact) mass is 419 g/mol. The molecule has 150 valence electrons. The Bertz CT molecular complexity index is 1180. The smallest absolute Gasteiger partial charge is 0.231 e. The van der Waals surface area contributed by atoms with Gasteiger partial charge in [0.2, 0.25) is 6.79 Å². The number of Topliss-reactive ketones (excluding diaryl/α,β-unsaturated/α-hetero) is 1. The van der Waals surface area contributed by atoms with Crippen LogP contribution >= 0.6 is 11.6 Å². The number of hydrogen-bond acceptors (Lipinski definition) is 6. The molecule has 1 aliphatic carbocycles. The Kier molecular flexibility index (Phi) is 4.41. The molecule has 2 N–H and O–H groups in total. The van der Waals surface area contributed by atoms with Crippen LogP contribution in [0, 0.1) is 11.3 Å². The molecule has 0 aromatic heterocycles. The zero-order valence-corrected chi connectivity index (χ0v) is 16.8. The van der Waals surface area contributed by atoms with Crippen LogP contribution in [0.3, 0.4) is 0 Å². The topological polar surface area (TPSA) is 88.6 Å². The summed E-state index contributed by atoms with van der Waals surface area (Å²) < 4.78 is 10.9. The van der Waals surface area contributed by atoms with Crippen molar-refractivity contribution in [3.63, 3.8) is 0 Å². The Morgan fingerprint density at radius 1 is 1.13 bits per heavy atom. The average molecular weight is 420 g/mol. The lowest BCUT2D eigenvalue weighted by molar-refractivity contribution is -0.116. The minimum Gasteiger partial charge on any atom is -0.454 e. The molecule has 5 rings (SSSR count). The van der Waals surface area contributed by atoms with Gasteiger partial charge in [-0.2, -0.15) is 5.26 Å². The van der Waals surface area contributed by atoms with Crippen LogP contribution in [0.2, 0.25) is 5.02 Å². The van der Waals surface area contributed by atoms with E-state index in [1.54, 1.807) is 23.1 Å². The number of benzene rings is 2. The second kappa shape index (κ2) is 7.12. The van der Waals surface area contributed by atoms with Crippen molar-refractivity contribution >= 4 is 23.1 Å². The highest BCUT2D eigenvalue weighted by molar-refractivity contribution is 6.30. The largest absolute Gasteiger partial charge is 0.454 e. The first kappa shape index (κ1) is 18.6. The number of carbonyl (C=O) groups excluding carboxylic acids is 1. The molecule has 30 heavy (non-hydrogen) atoms. The van der Waals surface area contributed by atoms with E-state index in [2.05, 4.69) is 6.07 Å². The molecule has 0 saturated heterocycles. The van der Waals surface area contributed by atoms with Crippen LogP contribution in [-0.2, 0) is 4.79 Å². The molecule has 1 atom stereocenters. The number of halogens is 1. The summed E-state index contributed by atoms with van der Waals surface area (Å²) >= 11 is 6.21. The van der Waals surface area contributed by atoms with Crippen molar-refractivity contribution < 1.29 is 14.3 Å². The van der Waals surface area contributed by atoms with Crippen LogP contribution in [0.1, 0.15) is 30.7 Å². The summed E-state index contributed by atoms with van der Waals surface area (Å²) in [6, 6.07) is 15.0. The highest BCUT2D eigenvalue weighted by Crippen LogP contribution is 2.48. The van der Waals surface area contributed by atoms with Crippen LogP contribution in [0.25, 0.3) is 0 Å². The van der Waals surface area contributed by atoms with E-state index in [0.29, 0.717) is 46.3 Å². The van der Waals surface area contributed by atoms with E-state index in [-0.39, 0.29) is 12.6 Å². The number of nitriles is 1. The number of anilines is 1. The first-order chi connectivity index (χ1) is 14.6. The molecule has 0 bridgehead atoms. The minimum atomic E-state index is -0.539. The minimum absolute atomic E-state index is 0.0335. The van der Waals surface area contributed by atoms with E-state index in [0.717, 1.165) is 23.4 Å². The van der Waals surface area contributed by atoms with E-state index in [4.69, 9.17) is 26.8 Å². The molecular formula is C23H18ClN3O3. The number of hydrogen-bond donors (Lipinski definition) is 1. The molecule has 2 aromatic rings. The molecular weight excluding hydrogens is 402 g/mol. The second-order valence-corrected chi connectivity index (χ2v) is 7.85. The van der Waals surface area contributed by atoms with Gasteiger partial charge in [0.25, 0.3) is 0 Å². The number of rotatable bonds is 2. The predicted molar refractivity (Wildman–Crippen MR) is 112 cm³/mol. The molecule has 7 heteroatoms. The van der Waals surface area contributed by atoms with Crippen molar-refractivity contribution in [2.75, 3.05) is 11.7 Å². The Hall–Kier alpha value is -3.43. The molecule has 2 aliphatic heterocycles. The Balaban J connectivity index is 1.73. The molecule has 0 unspecified atom stereocenters. The molecule has 0 fully saturated rings. The van der Waals surface area contributed by atoms with Crippen LogP contribution in [-0.4, -0.2) is 12.6 Å². The molecule has 2 heterocycles. The molecule has 6 nitrogen and oxygen atoms in total. The number of carbonyl (C=O) groups is 1. The SMILES string of the molecule is N#CC1=C(N)N(c2cccc(Cl)c2)C2=C(C(=O)CCC2)[C@H]1c1ccc2c(c1)OCO2. The summed E-state index contributed by atoms with van der Waals surface area (Å²) in [4.78, 5) is 14.9. The molecule has 0 spiro atoms. The van der Waals surface area contributed by atoms with E-state index >= 15 is 0 Å². The first-order valence-corrected chi connectivity index (χ1v) is 10.1. The highest BCUT2D eigenvalue weighted by Gasteiger charge is 2.40. The van der Waals surface area contributed by atoms with Gasteiger partial charge in [0.15, 0.2) is 17.3 Å². The third-order valence-corrected chi connectivity index (χ3v) is 5.94. The number of nitrogens with zero attached hydrogens (tertiary/aromatic N) is 2. The van der Waals surface area contributed by atoms with Gasteiger partial charge in [0, 0.05) is 28.4 Å². The lowest BCUT2D eigenvalue weighted by Crippen LogP contribution is -2.38. The fraction of sp³-hybridized carbons (Fsp3) is 0.217. The fourth-order valence-corrected chi connectivity index (χ4v) is 4.61. The third kappa shape index (κ3) is 2.82. The van der Waals surface area contributed by atoms with Crippen molar-refractivity contribution in [1.82, 2.24) is 0 Å². The van der Waals surface area contributed by atoms with Gasteiger partial charge in [-0.1, -0.05) is 23.7 Å². The lowest BCUT2D eigenvalue weighted by Gasteiger charge is -2.39. The van der Waals surface area contributed by atoms with Crippen LogP contribution in [0.5, 0.6) is 11.5 Å². The van der Waals surface area contributed by atoms with E-state index in [1.807, 2.05) is 24.3 Å². The van der Waals surface area contributed by atoms with Gasteiger partial charge in [-0.15, -0.1) is 0 Å². The summed E-state index contributed by atoms with van der Waals surface area (Å²) in [5.41, 5.74) is 9.85. The Morgan fingerprint density at radius 2 is 1.97 bits per heavy atom. The quantitative estimate of drug-likeness (QED) is 0.777. The predicted octanol–water partition coefficient (Wildman–Crippen LogP) is 4.37. The standard InChI is InChI=1S/C23H18ClN3O3/c24-14-3-1-4-15(10-14)27-17-5-2-6-18(28)22(17)21(16(11-25)23(27)26)13-7-8-19-20(9-13)30-12-29-19/h1,3-4,7-10,21H,2,5-6,12,26H2/t21-/m0/s1. The van der Waals surface area contributed by atoms with Crippen molar-refractivity contribution in [2.45, 2.75) is 25.2 Å². The molecule has 0 amide bonds. The maximum absolute atomic E-state index is 13.1. The zero-order chi connectivity index (χ0) is 20.8. The normalized spacial score (nSPS) is 20.3. The van der Waals surface area contributed by atoms with Gasteiger partial charge >= 0.3 is 0 Å². The van der Waals surface area contributed by atoms with Crippen molar-refractivity contribution in [2.24, 2.45) is 5.73 Å². The van der Waals surface area contributed by atoms with Gasteiger partial charge in [-0.25, -0.2) is 0 Å². The van der Waals surface area contributed by atoms with Crippen LogP contribution in [0.15, 0.2) is 65.1 Å².